The van der Waals surface area contributed by atoms with Gasteiger partial charge in [0.25, 0.3) is 0 Å². The molecule has 0 spiro atoms. The minimum atomic E-state index is -0.971. The van der Waals surface area contributed by atoms with Crippen molar-refractivity contribution < 1.29 is 13.6 Å². The van der Waals surface area contributed by atoms with Gasteiger partial charge < -0.3 is 10.2 Å². The van der Waals surface area contributed by atoms with Gasteiger partial charge in [-0.25, -0.2) is 13.6 Å². The van der Waals surface area contributed by atoms with Crippen molar-refractivity contribution in [2.45, 2.75) is 13.5 Å². The lowest BCUT2D eigenvalue weighted by molar-refractivity contribution is 0.143. The Morgan fingerprint density at radius 1 is 1.04 bits per heavy atom. The van der Waals surface area contributed by atoms with Crippen LogP contribution in [0.25, 0.3) is 0 Å². The highest BCUT2D eigenvalue weighted by molar-refractivity contribution is 5.89. The van der Waals surface area contributed by atoms with E-state index in [1.807, 2.05) is 12.1 Å². The molecule has 1 N–H and O–H groups in total. The van der Waals surface area contributed by atoms with E-state index in [1.165, 1.54) is 17.2 Å². The van der Waals surface area contributed by atoms with Crippen molar-refractivity contribution in [1.82, 2.24) is 9.80 Å². The number of halogens is 2. The molecule has 25 heavy (non-hydrogen) atoms. The number of amides is 2. The summed E-state index contributed by atoms with van der Waals surface area (Å²) in [5.41, 5.74) is 2.81. The first-order valence-electron chi connectivity index (χ1n) is 8.31. The van der Waals surface area contributed by atoms with Crippen LogP contribution in [0.5, 0.6) is 0 Å². The fourth-order valence-corrected chi connectivity index (χ4v) is 2.91. The van der Waals surface area contributed by atoms with Gasteiger partial charge in [0.05, 0.1) is 0 Å². The van der Waals surface area contributed by atoms with E-state index in [0.29, 0.717) is 13.1 Å². The van der Waals surface area contributed by atoms with E-state index >= 15 is 0 Å². The predicted molar refractivity (Wildman–Crippen MR) is 93.4 cm³/mol. The minimum absolute atomic E-state index is 0.256. The third kappa shape index (κ3) is 4.33. The monoisotopic (exact) mass is 345 g/mol. The molecule has 2 aromatic carbocycles. The maximum atomic E-state index is 13.2. The molecule has 0 bridgehead atoms. The zero-order chi connectivity index (χ0) is 17.8. The zero-order valence-electron chi connectivity index (χ0n) is 14.1. The van der Waals surface area contributed by atoms with Gasteiger partial charge in [0.2, 0.25) is 0 Å². The molecule has 3 rings (SSSR count). The summed E-state index contributed by atoms with van der Waals surface area (Å²) in [5.74, 6) is -1.90. The summed E-state index contributed by atoms with van der Waals surface area (Å²) < 4.78 is 26.2. The molecule has 2 amide bonds. The van der Waals surface area contributed by atoms with Gasteiger partial charge in [-0.2, -0.15) is 0 Å². The van der Waals surface area contributed by atoms with E-state index in [4.69, 9.17) is 0 Å². The number of nitrogens with zero attached hydrogens (tertiary/aromatic N) is 2. The van der Waals surface area contributed by atoms with E-state index < -0.39 is 11.6 Å². The number of piperazine rings is 1. The lowest BCUT2D eigenvalue weighted by Crippen LogP contribution is -2.49. The fraction of sp³-hybridized carbons (Fsp3) is 0.316. The smallest absolute Gasteiger partial charge is 0.321 e. The van der Waals surface area contributed by atoms with Gasteiger partial charge in [-0.05, 0) is 30.2 Å². The molecule has 0 saturated carbocycles. The Kier molecular flexibility index (Phi) is 5.28. The van der Waals surface area contributed by atoms with Crippen molar-refractivity contribution >= 4 is 11.7 Å². The number of hydrogen-bond acceptors (Lipinski definition) is 2. The highest BCUT2D eigenvalue weighted by atomic mass is 19.2. The molecule has 2 aromatic rings. The van der Waals surface area contributed by atoms with Gasteiger partial charge in [0.1, 0.15) is 0 Å². The molecule has 0 atom stereocenters. The first kappa shape index (κ1) is 17.4. The van der Waals surface area contributed by atoms with Gasteiger partial charge in [-0.1, -0.05) is 24.3 Å². The van der Waals surface area contributed by atoms with Gasteiger partial charge in [0, 0.05) is 44.5 Å². The summed E-state index contributed by atoms with van der Waals surface area (Å²) in [6.07, 6.45) is 0. The van der Waals surface area contributed by atoms with Gasteiger partial charge in [0.15, 0.2) is 11.6 Å². The minimum Gasteiger partial charge on any atom is -0.322 e. The molecule has 0 aliphatic carbocycles. The van der Waals surface area contributed by atoms with Crippen LogP contribution >= 0.6 is 0 Å². The highest BCUT2D eigenvalue weighted by Gasteiger charge is 2.21. The van der Waals surface area contributed by atoms with Crippen LogP contribution in [0.4, 0.5) is 19.3 Å². The lowest BCUT2D eigenvalue weighted by atomic mass is 10.1. The molecular formula is C19H21F2N3O. The molecule has 0 unspecified atom stereocenters. The third-order valence-electron chi connectivity index (χ3n) is 4.49. The van der Waals surface area contributed by atoms with Gasteiger partial charge >= 0.3 is 6.03 Å². The van der Waals surface area contributed by atoms with Crippen LogP contribution in [-0.2, 0) is 6.54 Å². The van der Waals surface area contributed by atoms with Crippen molar-refractivity contribution in [2.75, 3.05) is 31.5 Å². The number of anilines is 1. The molecule has 0 aromatic heterocycles. The average molecular weight is 345 g/mol. The Hall–Kier alpha value is -2.47. The second-order valence-corrected chi connectivity index (χ2v) is 6.25. The summed E-state index contributed by atoms with van der Waals surface area (Å²) in [6.45, 7) is 5.72. The average Bonchev–Trinajstić information content (AvgIpc) is 2.61. The maximum Gasteiger partial charge on any atom is 0.321 e. The molecule has 1 aliphatic rings. The molecule has 1 saturated heterocycles. The van der Waals surface area contributed by atoms with Crippen LogP contribution in [-0.4, -0.2) is 42.0 Å². The number of carbonyl (C=O) groups is 1. The molecule has 4 nitrogen and oxygen atoms in total. The Balaban J connectivity index is 1.52. The fourth-order valence-electron chi connectivity index (χ4n) is 2.91. The van der Waals surface area contributed by atoms with Crippen molar-refractivity contribution in [3.05, 3.63) is 65.2 Å². The van der Waals surface area contributed by atoms with Crippen LogP contribution < -0.4 is 5.32 Å². The Morgan fingerprint density at radius 3 is 2.44 bits per heavy atom. The van der Waals surface area contributed by atoms with E-state index in [-0.39, 0.29) is 11.7 Å². The van der Waals surface area contributed by atoms with Crippen LogP contribution in [0, 0.1) is 18.6 Å². The Bertz CT molecular complexity index is 758. The third-order valence-corrected chi connectivity index (χ3v) is 4.49. The number of rotatable bonds is 3. The van der Waals surface area contributed by atoms with Crippen LogP contribution in [0.2, 0.25) is 0 Å². The first-order chi connectivity index (χ1) is 12.0. The predicted octanol–water partition coefficient (Wildman–Crippen LogP) is 3.62. The number of nitrogens with one attached hydrogen (secondary N) is 1. The highest BCUT2D eigenvalue weighted by Crippen LogP contribution is 2.15. The molecule has 0 radical (unpaired) electrons. The molecule has 6 heteroatoms. The zero-order valence-corrected chi connectivity index (χ0v) is 14.1. The number of carbonyl (C=O) groups excluding carboxylic acids is 1. The lowest BCUT2D eigenvalue weighted by Gasteiger charge is -2.35. The van der Waals surface area contributed by atoms with E-state index in [9.17, 15) is 13.6 Å². The SMILES string of the molecule is Cc1ccccc1CN1CCN(C(=O)Nc2ccc(F)c(F)c2)CC1. The maximum absolute atomic E-state index is 13.2. The van der Waals surface area contributed by atoms with Crippen LogP contribution in [0.15, 0.2) is 42.5 Å². The quantitative estimate of drug-likeness (QED) is 0.922. The summed E-state index contributed by atoms with van der Waals surface area (Å²) >= 11 is 0. The second-order valence-electron chi connectivity index (χ2n) is 6.25. The molecule has 1 heterocycles. The van der Waals surface area contributed by atoms with Crippen LogP contribution in [0.3, 0.4) is 0 Å². The Labute approximate surface area is 146 Å². The van der Waals surface area contributed by atoms with Crippen molar-refractivity contribution in [3.8, 4) is 0 Å². The van der Waals surface area contributed by atoms with Gasteiger partial charge in [-0.15, -0.1) is 0 Å². The molecule has 132 valence electrons. The second kappa shape index (κ2) is 7.61. The first-order valence-corrected chi connectivity index (χ1v) is 8.31. The molecular weight excluding hydrogens is 324 g/mol. The van der Waals surface area contributed by atoms with E-state index in [1.54, 1.807) is 4.90 Å². The van der Waals surface area contributed by atoms with Crippen LogP contribution in [0.1, 0.15) is 11.1 Å². The summed E-state index contributed by atoms with van der Waals surface area (Å²) in [4.78, 5) is 16.3. The number of benzene rings is 2. The van der Waals surface area contributed by atoms with E-state index in [2.05, 4.69) is 29.3 Å². The van der Waals surface area contributed by atoms with E-state index in [0.717, 1.165) is 31.8 Å². The van der Waals surface area contributed by atoms with Crippen molar-refractivity contribution in [1.29, 1.82) is 0 Å². The Morgan fingerprint density at radius 2 is 1.76 bits per heavy atom. The number of aryl methyl sites for hydroxylation is 1. The van der Waals surface area contributed by atoms with Gasteiger partial charge in [-0.3, -0.25) is 4.90 Å². The number of urea groups is 1. The molecule has 1 aliphatic heterocycles. The standard InChI is InChI=1S/C19H21F2N3O/c1-14-4-2-3-5-15(14)13-23-8-10-24(11-9-23)19(25)22-16-6-7-17(20)18(21)12-16/h2-7,12H,8-11,13H2,1H3,(H,22,25). The summed E-state index contributed by atoms with van der Waals surface area (Å²) in [6, 6.07) is 11.3. The topological polar surface area (TPSA) is 35.6 Å². The summed E-state index contributed by atoms with van der Waals surface area (Å²) in [7, 11) is 0. The number of hydrogen-bond donors (Lipinski definition) is 1. The largest absolute Gasteiger partial charge is 0.322 e. The van der Waals surface area contributed by atoms with Crippen molar-refractivity contribution in [3.63, 3.8) is 0 Å². The molecule has 1 fully saturated rings. The normalized spacial score (nSPS) is 15.2. The van der Waals surface area contributed by atoms with Crippen molar-refractivity contribution in [2.24, 2.45) is 0 Å². The summed E-state index contributed by atoms with van der Waals surface area (Å²) in [5, 5.41) is 2.62.